The van der Waals surface area contributed by atoms with Crippen molar-refractivity contribution < 1.29 is 14.3 Å². The first-order chi connectivity index (χ1) is 13.5. The van der Waals surface area contributed by atoms with Crippen LogP contribution in [-0.2, 0) is 9.59 Å². The van der Waals surface area contributed by atoms with Gasteiger partial charge in [0.1, 0.15) is 5.75 Å². The van der Waals surface area contributed by atoms with Crippen molar-refractivity contribution in [2.24, 2.45) is 5.92 Å². The zero-order valence-electron chi connectivity index (χ0n) is 16.5. The number of hydrogen-bond donors (Lipinski definition) is 0. The van der Waals surface area contributed by atoms with E-state index >= 15 is 0 Å². The van der Waals surface area contributed by atoms with Crippen molar-refractivity contribution in [2.45, 2.75) is 32.1 Å². The Hall–Kier alpha value is -2.53. The molecule has 0 unspecified atom stereocenters. The third kappa shape index (κ3) is 4.47. The number of carbonyl (C=O) groups excluding carboxylic acids is 2. The highest BCUT2D eigenvalue weighted by Crippen LogP contribution is 2.39. The lowest BCUT2D eigenvalue weighted by atomic mass is 10.1. The van der Waals surface area contributed by atoms with Crippen LogP contribution in [0.4, 0.5) is 0 Å². The molecule has 0 radical (unpaired) electrons. The standard InChI is InChI=1S/C23H25NO3S/c1-4-14-24-22(25)20(17-10-12-18(13-11-17)27-15-16(2)3)21(23(24)26)28-19-8-6-5-7-9-19/h5-13,16H,4,14-15H2,1-3H3. The predicted molar refractivity (Wildman–Crippen MR) is 113 cm³/mol. The van der Waals surface area contributed by atoms with Gasteiger partial charge in [0, 0.05) is 11.4 Å². The molecule has 0 saturated carbocycles. The minimum Gasteiger partial charge on any atom is -0.493 e. The zero-order chi connectivity index (χ0) is 20.1. The summed E-state index contributed by atoms with van der Waals surface area (Å²) in [6, 6.07) is 17.1. The minimum absolute atomic E-state index is 0.212. The lowest BCUT2D eigenvalue weighted by Crippen LogP contribution is -2.32. The molecule has 5 heteroatoms. The SMILES string of the molecule is CCCN1C(=O)C(Sc2ccccc2)=C(c2ccc(OCC(C)C)cc2)C1=O. The van der Waals surface area contributed by atoms with E-state index in [-0.39, 0.29) is 11.8 Å². The molecule has 4 nitrogen and oxygen atoms in total. The summed E-state index contributed by atoms with van der Waals surface area (Å²) in [6.07, 6.45) is 0.732. The molecule has 0 aromatic heterocycles. The Labute approximate surface area is 170 Å². The number of imide groups is 1. The molecule has 1 aliphatic rings. The number of nitrogens with zero attached hydrogens (tertiary/aromatic N) is 1. The fraction of sp³-hybridized carbons (Fsp3) is 0.304. The van der Waals surface area contributed by atoms with Crippen molar-refractivity contribution in [1.82, 2.24) is 4.90 Å². The van der Waals surface area contributed by atoms with Gasteiger partial charge in [-0.2, -0.15) is 0 Å². The molecule has 0 spiro atoms. The van der Waals surface area contributed by atoms with Crippen LogP contribution >= 0.6 is 11.8 Å². The van der Waals surface area contributed by atoms with Crippen LogP contribution in [0, 0.1) is 5.92 Å². The Morgan fingerprint density at radius 1 is 0.964 bits per heavy atom. The van der Waals surface area contributed by atoms with E-state index in [0.29, 0.717) is 29.5 Å². The Morgan fingerprint density at radius 2 is 1.64 bits per heavy atom. The quantitative estimate of drug-likeness (QED) is 0.590. The highest BCUT2D eigenvalue weighted by Gasteiger charge is 2.38. The second kappa shape index (κ2) is 9.11. The van der Waals surface area contributed by atoms with Crippen molar-refractivity contribution >= 4 is 29.1 Å². The number of benzene rings is 2. The van der Waals surface area contributed by atoms with Crippen LogP contribution in [0.5, 0.6) is 5.75 Å². The van der Waals surface area contributed by atoms with Gasteiger partial charge < -0.3 is 4.74 Å². The third-order valence-corrected chi connectivity index (χ3v) is 5.35. The van der Waals surface area contributed by atoms with Crippen molar-refractivity contribution in [2.75, 3.05) is 13.2 Å². The smallest absolute Gasteiger partial charge is 0.268 e. The summed E-state index contributed by atoms with van der Waals surface area (Å²) in [6.45, 7) is 7.21. The van der Waals surface area contributed by atoms with Gasteiger partial charge in [0.2, 0.25) is 0 Å². The Kier molecular flexibility index (Phi) is 6.57. The number of thioether (sulfide) groups is 1. The molecule has 0 aliphatic carbocycles. The van der Waals surface area contributed by atoms with E-state index < -0.39 is 0 Å². The maximum Gasteiger partial charge on any atom is 0.268 e. The van der Waals surface area contributed by atoms with E-state index in [1.807, 2.05) is 61.5 Å². The van der Waals surface area contributed by atoms with E-state index in [1.165, 1.54) is 16.7 Å². The number of amides is 2. The molecule has 0 bridgehead atoms. The van der Waals surface area contributed by atoms with Crippen molar-refractivity contribution in [3.05, 3.63) is 65.1 Å². The summed E-state index contributed by atoms with van der Waals surface area (Å²) in [4.78, 5) is 28.7. The molecule has 2 aromatic rings. The van der Waals surface area contributed by atoms with Crippen LogP contribution in [0.15, 0.2) is 64.4 Å². The largest absolute Gasteiger partial charge is 0.493 e. The maximum atomic E-state index is 13.0. The maximum absolute atomic E-state index is 13.0. The van der Waals surface area contributed by atoms with Gasteiger partial charge in [0.05, 0.1) is 17.1 Å². The fourth-order valence-corrected chi connectivity index (χ4v) is 3.95. The molecule has 2 aromatic carbocycles. The summed E-state index contributed by atoms with van der Waals surface area (Å²) in [5.41, 5.74) is 1.22. The summed E-state index contributed by atoms with van der Waals surface area (Å²) >= 11 is 1.35. The highest BCUT2D eigenvalue weighted by molar-refractivity contribution is 8.04. The van der Waals surface area contributed by atoms with Gasteiger partial charge in [0.25, 0.3) is 11.8 Å². The predicted octanol–water partition coefficient (Wildman–Crippen LogP) is 5.00. The third-order valence-electron chi connectivity index (χ3n) is 4.26. The molecule has 28 heavy (non-hydrogen) atoms. The second-order valence-electron chi connectivity index (χ2n) is 7.11. The van der Waals surface area contributed by atoms with E-state index in [4.69, 9.17) is 4.74 Å². The minimum atomic E-state index is -0.221. The molecule has 146 valence electrons. The first-order valence-corrected chi connectivity index (χ1v) is 10.4. The van der Waals surface area contributed by atoms with Gasteiger partial charge in [0.15, 0.2) is 0 Å². The lowest BCUT2D eigenvalue weighted by molar-refractivity contribution is -0.136. The molecule has 0 N–H and O–H groups in total. The van der Waals surface area contributed by atoms with Crippen LogP contribution in [0.2, 0.25) is 0 Å². The van der Waals surface area contributed by atoms with Gasteiger partial charge in [-0.15, -0.1) is 0 Å². The van der Waals surface area contributed by atoms with Crippen LogP contribution < -0.4 is 4.74 Å². The molecular formula is C23H25NO3S. The summed E-state index contributed by atoms with van der Waals surface area (Å²) in [7, 11) is 0. The number of carbonyl (C=O) groups is 2. The topological polar surface area (TPSA) is 46.6 Å². The molecule has 0 atom stereocenters. The van der Waals surface area contributed by atoms with Gasteiger partial charge in [-0.1, -0.05) is 62.9 Å². The number of rotatable bonds is 8. The fourth-order valence-electron chi connectivity index (χ4n) is 2.92. The van der Waals surface area contributed by atoms with Gasteiger partial charge in [-0.05, 0) is 42.2 Å². The zero-order valence-corrected chi connectivity index (χ0v) is 17.3. The van der Waals surface area contributed by atoms with Crippen LogP contribution in [0.1, 0.15) is 32.8 Å². The van der Waals surface area contributed by atoms with E-state index in [2.05, 4.69) is 13.8 Å². The Morgan fingerprint density at radius 3 is 2.25 bits per heavy atom. The van der Waals surface area contributed by atoms with Crippen molar-refractivity contribution in [1.29, 1.82) is 0 Å². The summed E-state index contributed by atoms with van der Waals surface area (Å²) < 4.78 is 5.73. The summed E-state index contributed by atoms with van der Waals surface area (Å²) in [5, 5.41) is 0. The van der Waals surface area contributed by atoms with Gasteiger partial charge in [-0.3, -0.25) is 14.5 Å². The average Bonchev–Trinajstić information content (AvgIpc) is 2.92. The first kappa shape index (κ1) is 20.2. The average molecular weight is 396 g/mol. The number of hydrogen-bond acceptors (Lipinski definition) is 4. The Bertz CT molecular complexity index is 872. The van der Waals surface area contributed by atoms with E-state index in [9.17, 15) is 9.59 Å². The van der Waals surface area contributed by atoms with Crippen LogP contribution in [0.25, 0.3) is 5.57 Å². The molecule has 0 fully saturated rings. The van der Waals surface area contributed by atoms with Gasteiger partial charge in [-0.25, -0.2) is 0 Å². The van der Waals surface area contributed by atoms with Crippen LogP contribution in [-0.4, -0.2) is 29.9 Å². The molecular weight excluding hydrogens is 370 g/mol. The van der Waals surface area contributed by atoms with Gasteiger partial charge >= 0.3 is 0 Å². The Balaban J connectivity index is 1.94. The molecule has 1 aliphatic heterocycles. The van der Waals surface area contributed by atoms with Crippen molar-refractivity contribution in [3.8, 4) is 5.75 Å². The molecule has 1 heterocycles. The lowest BCUT2D eigenvalue weighted by Gasteiger charge is -2.13. The molecule has 2 amide bonds. The van der Waals surface area contributed by atoms with Crippen LogP contribution in [0.3, 0.4) is 0 Å². The monoisotopic (exact) mass is 395 g/mol. The molecule has 0 saturated heterocycles. The first-order valence-electron chi connectivity index (χ1n) is 9.57. The number of ether oxygens (including phenoxy) is 1. The molecule has 3 rings (SSSR count). The van der Waals surface area contributed by atoms with E-state index in [1.54, 1.807) is 0 Å². The van der Waals surface area contributed by atoms with E-state index in [0.717, 1.165) is 22.6 Å². The second-order valence-corrected chi connectivity index (χ2v) is 8.19. The highest BCUT2D eigenvalue weighted by atomic mass is 32.2. The normalized spacial score (nSPS) is 14.4. The van der Waals surface area contributed by atoms with Crippen molar-refractivity contribution in [3.63, 3.8) is 0 Å². The summed E-state index contributed by atoms with van der Waals surface area (Å²) in [5.74, 6) is 0.766.